The van der Waals surface area contributed by atoms with Crippen LogP contribution < -0.4 is 15.4 Å². The Morgan fingerprint density at radius 2 is 1.35 bits per heavy atom. The monoisotopic (exact) mass is 956 g/mol. The maximum atomic E-state index is 16.8. The number of alkyl carbamates (subject to hydrolysis) is 2. The van der Waals surface area contributed by atoms with Crippen molar-refractivity contribution < 1.29 is 46.6 Å². The first kappa shape index (κ1) is 46.2. The molecule has 4 aromatic heterocycles. The molecule has 0 bridgehead atoms. The second-order valence-electron chi connectivity index (χ2n) is 17.8. The normalized spacial score (nSPS) is 18.7. The molecule has 4 N–H and O–H groups in total. The van der Waals surface area contributed by atoms with Gasteiger partial charge in [-0.1, -0.05) is 33.8 Å². The number of alkyl halides is 2. The summed E-state index contributed by atoms with van der Waals surface area (Å²) in [6.07, 6.45) is 2.17. The quantitative estimate of drug-likeness (QED) is 0.0920. The highest BCUT2D eigenvalue weighted by molar-refractivity contribution is 7.11. The third-order valence-electron chi connectivity index (χ3n) is 12.9. The number of H-pyrrole nitrogens is 2. The second kappa shape index (κ2) is 18.6. The van der Waals surface area contributed by atoms with Crippen molar-refractivity contribution in [2.24, 2.45) is 11.8 Å². The number of fused-ring (bicyclic) bond motifs is 5. The van der Waals surface area contributed by atoms with Crippen LogP contribution in [-0.2, 0) is 19.1 Å². The van der Waals surface area contributed by atoms with E-state index in [0.29, 0.717) is 82.4 Å². The van der Waals surface area contributed by atoms with Gasteiger partial charge >= 0.3 is 12.2 Å². The SMILES string of the molecule is COC(=O)N[C@H](C(=O)N1CCC[C@H]1c1ncc(-c2cc(F)c3c(c2)OC(c2cnc(C(F)F)s2)n2c-3cc3cc(-c4cnc([C@@H]5CCCN5C(=O)[C@@H](NC(=O)OC)C(C)C)[nH]4)ccc32)[nH]1)C(C)C. The third-order valence-corrected chi connectivity index (χ3v) is 13.9. The number of likely N-dealkylation sites (tertiary alicyclic amines) is 2. The number of imidazole rings is 2. The number of ether oxygens (including phenoxy) is 3. The lowest BCUT2D eigenvalue weighted by Crippen LogP contribution is -2.51. The van der Waals surface area contributed by atoms with Crippen LogP contribution in [0.3, 0.4) is 0 Å². The van der Waals surface area contributed by atoms with Crippen molar-refractivity contribution in [2.45, 2.75) is 90.2 Å². The van der Waals surface area contributed by atoms with Gasteiger partial charge in [0, 0.05) is 35.8 Å². The van der Waals surface area contributed by atoms with Crippen molar-refractivity contribution in [3.8, 4) is 39.5 Å². The zero-order valence-electron chi connectivity index (χ0n) is 38.1. The van der Waals surface area contributed by atoms with Crippen LogP contribution in [-0.4, -0.2) is 103 Å². The molecule has 2 aromatic carbocycles. The predicted molar refractivity (Wildman–Crippen MR) is 244 cm³/mol. The van der Waals surface area contributed by atoms with Crippen molar-refractivity contribution in [1.82, 2.24) is 49.9 Å². The zero-order valence-corrected chi connectivity index (χ0v) is 39.0. The molecular formula is C47H51F3N10O7S. The number of nitrogens with one attached hydrogen (secondary N) is 4. The second-order valence-corrected chi connectivity index (χ2v) is 18.9. The van der Waals surface area contributed by atoms with E-state index in [1.54, 1.807) is 32.8 Å². The van der Waals surface area contributed by atoms with E-state index in [-0.39, 0.29) is 46.0 Å². The lowest BCUT2D eigenvalue weighted by atomic mass is 10.0. The molecule has 9 rings (SSSR count). The summed E-state index contributed by atoms with van der Waals surface area (Å²) in [6, 6.07) is 8.15. The van der Waals surface area contributed by atoms with Crippen molar-refractivity contribution in [1.29, 1.82) is 0 Å². The number of aromatic nitrogens is 6. The van der Waals surface area contributed by atoms with E-state index in [9.17, 15) is 28.0 Å². The molecule has 0 spiro atoms. The van der Waals surface area contributed by atoms with Crippen LogP contribution in [0.1, 0.15) is 99.6 Å². The average molecular weight is 957 g/mol. The smallest absolute Gasteiger partial charge is 0.407 e. The fraction of sp³-hybridized carbons (Fsp3) is 0.426. The fourth-order valence-electron chi connectivity index (χ4n) is 9.49. The van der Waals surface area contributed by atoms with Gasteiger partial charge in [0.15, 0.2) is 5.01 Å². The Hall–Kier alpha value is -6.90. The summed E-state index contributed by atoms with van der Waals surface area (Å²) in [7, 11) is 2.49. The maximum Gasteiger partial charge on any atom is 0.407 e. The van der Waals surface area contributed by atoms with E-state index in [1.807, 2.05) is 52.0 Å². The molecule has 1 unspecified atom stereocenters. The van der Waals surface area contributed by atoms with Crippen molar-refractivity contribution in [3.05, 3.63) is 82.3 Å². The summed E-state index contributed by atoms with van der Waals surface area (Å²) in [4.78, 5) is 75.5. The number of carbonyl (C=O) groups excluding carboxylic acids is 4. The Bertz CT molecular complexity index is 2890. The molecule has 5 atom stereocenters. The first-order chi connectivity index (χ1) is 32.6. The van der Waals surface area contributed by atoms with Crippen LogP contribution in [0, 0.1) is 17.7 Å². The Balaban J connectivity index is 1.03. The first-order valence-electron chi connectivity index (χ1n) is 22.4. The number of halogens is 3. The van der Waals surface area contributed by atoms with Gasteiger partial charge in [0.1, 0.15) is 35.3 Å². The number of aromatic amines is 2. The van der Waals surface area contributed by atoms with E-state index in [0.717, 1.165) is 23.3 Å². The van der Waals surface area contributed by atoms with Crippen LogP contribution >= 0.6 is 11.3 Å². The number of hydrogen-bond acceptors (Lipinski definition) is 11. The molecular weight excluding hydrogens is 906 g/mol. The van der Waals surface area contributed by atoms with Gasteiger partial charge in [-0.05, 0) is 67.9 Å². The molecule has 2 saturated heterocycles. The van der Waals surface area contributed by atoms with Crippen LogP contribution in [0.15, 0.2) is 55.0 Å². The van der Waals surface area contributed by atoms with Crippen molar-refractivity contribution in [3.63, 3.8) is 0 Å². The molecule has 3 aliphatic rings. The number of carbonyl (C=O) groups is 4. The standard InChI is InChI=1S/C47H51F3N10O7S/c1-22(2)37(56-46(63)65-5)43(61)58-13-7-9-31(58)40-51-19-28(54-40)24-11-12-30-26(15-24)17-33-36-27(48)16-25(18-34(36)67-45(60(30)33)35-21-53-42(68-35)39(49)50)29-20-52-41(55-29)32-10-8-14-59(32)44(62)38(23(3)4)57-47(64)66-6/h11-12,15-23,31-32,37-39,45H,7-10,13-14H2,1-6H3,(H,51,54)(H,52,55)(H,56,63)(H,57,64)/t31-,32-,37-,38-,45?/m0/s1. The Morgan fingerprint density at radius 1 is 0.779 bits per heavy atom. The molecule has 4 amide bonds. The van der Waals surface area contributed by atoms with Crippen LogP contribution in [0.2, 0.25) is 0 Å². The number of hydrogen-bond donors (Lipinski definition) is 4. The minimum Gasteiger partial charge on any atom is -0.464 e. The van der Waals surface area contributed by atoms with Gasteiger partial charge in [-0.15, -0.1) is 11.3 Å². The van der Waals surface area contributed by atoms with Gasteiger partial charge in [-0.25, -0.2) is 37.7 Å². The Morgan fingerprint density at radius 3 is 1.88 bits per heavy atom. The molecule has 3 aliphatic heterocycles. The summed E-state index contributed by atoms with van der Waals surface area (Å²) in [5.74, 6) is -0.242. The fourth-order valence-corrected chi connectivity index (χ4v) is 10.3. The molecule has 0 saturated carbocycles. The van der Waals surface area contributed by atoms with E-state index >= 15 is 4.39 Å². The molecule has 0 aliphatic carbocycles. The molecule has 0 radical (unpaired) electrons. The lowest BCUT2D eigenvalue weighted by molar-refractivity contribution is -0.136. The van der Waals surface area contributed by atoms with Gasteiger partial charge in [0.2, 0.25) is 18.0 Å². The summed E-state index contributed by atoms with van der Waals surface area (Å²) in [6.45, 7) is 8.33. The van der Waals surface area contributed by atoms with Gasteiger partial charge in [0.25, 0.3) is 6.43 Å². The predicted octanol–water partition coefficient (Wildman–Crippen LogP) is 8.65. The summed E-state index contributed by atoms with van der Waals surface area (Å²) in [5, 5.41) is 5.64. The minimum atomic E-state index is -2.81. The summed E-state index contributed by atoms with van der Waals surface area (Å²) in [5.41, 5.74) is 3.57. The highest BCUT2D eigenvalue weighted by Crippen LogP contribution is 2.48. The maximum absolute atomic E-state index is 16.8. The van der Waals surface area contributed by atoms with E-state index in [4.69, 9.17) is 19.2 Å². The van der Waals surface area contributed by atoms with E-state index < -0.39 is 48.8 Å². The summed E-state index contributed by atoms with van der Waals surface area (Å²) < 4.78 is 62.6. The molecule has 2 fully saturated rings. The van der Waals surface area contributed by atoms with Gasteiger partial charge in [0.05, 0.1) is 71.7 Å². The number of amides is 4. The molecule has 17 nitrogen and oxygen atoms in total. The largest absolute Gasteiger partial charge is 0.464 e. The molecule has 6 aromatic rings. The minimum absolute atomic E-state index is 0.169. The van der Waals surface area contributed by atoms with E-state index in [2.05, 4.69) is 30.6 Å². The first-order valence-corrected chi connectivity index (χ1v) is 23.3. The van der Waals surface area contributed by atoms with Crippen molar-refractivity contribution >= 4 is 46.2 Å². The van der Waals surface area contributed by atoms with Crippen LogP contribution in [0.25, 0.3) is 44.7 Å². The Kier molecular flexibility index (Phi) is 12.7. The summed E-state index contributed by atoms with van der Waals surface area (Å²) >= 11 is 0.807. The zero-order chi connectivity index (χ0) is 48.1. The van der Waals surface area contributed by atoms with Crippen molar-refractivity contribution in [2.75, 3.05) is 27.3 Å². The highest BCUT2D eigenvalue weighted by atomic mass is 32.1. The Labute approximate surface area is 392 Å². The van der Waals surface area contributed by atoms with E-state index in [1.165, 1.54) is 26.5 Å². The third kappa shape index (κ3) is 8.51. The van der Waals surface area contributed by atoms with Crippen LogP contribution in [0.4, 0.5) is 22.8 Å². The number of nitrogens with zero attached hydrogens (tertiary/aromatic N) is 6. The number of rotatable bonds is 12. The number of thiazole rings is 1. The van der Waals surface area contributed by atoms with Gasteiger partial charge < -0.3 is 44.6 Å². The molecule has 358 valence electrons. The molecule has 7 heterocycles. The van der Waals surface area contributed by atoms with Crippen LogP contribution in [0.5, 0.6) is 5.75 Å². The average Bonchev–Trinajstić information content (AvgIpc) is 4.18. The lowest BCUT2D eigenvalue weighted by Gasteiger charge is -2.30. The van der Waals surface area contributed by atoms with Gasteiger partial charge in [-0.2, -0.15) is 0 Å². The highest BCUT2D eigenvalue weighted by Gasteiger charge is 2.40. The molecule has 21 heteroatoms. The number of benzene rings is 2. The topological polar surface area (TPSA) is 202 Å². The molecule has 68 heavy (non-hydrogen) atoms. The number of methoxy groups -OCH3 is 2. The van der Waals surface area contributed by atoms with Gasteiger partial charge in [-0.3, -0.25) is 14.2 Å².